The van der Waals surface area contributed by atoms with Crippen LogP contribution in [0.5, 0.6) is 0 Å². The largest absolute Gasteiger partial charge is 0.485 e. The lowest BCUT2D eigenvalue weighted by atomic mass is 10.2. The molecule has 0 bridgehead atoms. The van der Waals surface area contributed by atoms with Crippen LogP contribution in [0, 0.1) is 0 Å². The molecule has 0 aromatic heterocycles. The van der Waals surface area contributed by atoms with Crippen molar-refractivity contribution in [3.8, 4) is 0 Å². The molecule has 0 unspecified atom stereocenters. The lowest BCUT2D eigenvalue weighted by Gasteiger charge is -2.25. The van der Waals surface area contributed by atoms with Crippen LogP contribution in [0.15, 0.2) is 11.8 Å². The Kier molecular flexibility index (Phi) is 3.49. The maximum absolute atomic E-state index is 12.8. The Labute approximate surface area is 98.4 Å². The van der Waals surface area contributed by atoms with Gasteiger partial charge in [0, 0.05) is 6.08 Å². The first-order valence-corrected chi connectivity index (χ1v) is 4.41. The highest BCUT2D eigenvalue weighted by Gasteiger charge is 2.78. The summed E-state index contributed by atoms with van der Waals surface area (Å²) in [6.07, 6.45) is -5.39. The maximum Gasteiger partial charge on any atom is 0.383 e. The number of ether oxygens (including phenoxy) is 1. The molecule has 0 saturated carbocycles. The van der Waals surface area contributed by atoms with Gasteiger partial charge in [-0.05, 0) is 0 Å². The van der Waals surface area contributed by atoms with E-state index in [2.05, 4.69) is 4.74 Å². The second kappa shape index (κ2) is 4.17. The molecule has 0 radical (unpaired) electrons. The molecule has 1 nitrogen and oxygen atoms in total. The number of allylic oxidation sites excluding steroid dienone is 2. The predicted octanol–water partition coefficient (Wildman–Crippen LogP) is 3.71. The van der Waals surface area contributed by atoms with E-state index in [-0.39, 0.29) is 0 Å². The van der Waals surface area contributed by atoms with Crippen LogP contribution in [-0.4, -0.2) is 36.7 Å². The van der Waals surface area contributed by atoms with E-state index in [0.717, 1.165) is 0 Å². The molecule has 0 amide bonds. The first kappa shape index (κ1) is 15.9. The predicted molar refractivity (Wildman–Crippen MR) is 39.8 cm³/mol. The fraction of sp³-hybridized carbons (Fsp3) is 0.750. The van der Waals surface area contributed by atoms with Gasteiger partial charge in [0.05, 0.1) is 0 Å². The van der Waals surface area contributed by atoms with Gasteiger partial charge in [-0.15, -0.1) is 0 Å². The molecular formula is C8H4F10O. The maximum atomic E-state index is 12.8. The summed E-state index contributed by atoms with van der Waals surface area (Å²) >= 11 is 0. The highest BCUT2D eigenvalue weighted by molar-refractivity contribution is 5.28. The van der Waals surface area contributed by atoms with Crippen LogP contribution < -0.4 is 0 Å². The minimum Gasteiger partial charge on any atom is -0.485 e. The van der Waals surface area contributed by atoms with Crippen molar-refractivity contribution in [3.05, 3.63) is 11.8 Å². The number of hydrogen-bond acceptors (Lipinski definition) is 1. The zero-order chi connectivity index (χ0) is 15.3. The minimum absolute atomic E-state index is 1.06. The second-order valence-electron chi connectivity index (χ2n) is 3.63. The third-order valence-corrected chi connectivity index (χ3v) is 2.17. The Hall–Kier alpha value is -1.16. The first-order valence-electron chi connectivity index (χ1n) is 4.41. The van der Waals surface area contributed by atoms with E-state index in [9.17, 15) is 43.9 Å². The Bertz CT molecular complexity index is 385. The molecule has 0 spiro atoms. The Balaban J connectivity index is 2.92. The second-order valence-corrected chi connectivity index (χ2v) is 3.63. The SMILES string of the molecule is FC(F)C(F)(F)COC1=CC(F)(F)C(F)(F)C1(F)F. The summed E-state index contributed by atoms with van der Waals surface area (Å²) in [6, 6.07) is 0. The molecule has 0 aromatic carbocycles. The van der Waals surface area contributed by atoms with E-state index in [1.54, 1.807) is 0 Å². The quantitative estimate of drug-likeness (QED) is 0.720. The van der Waals surface area contributed by atoms with Crippen LogP contribution in [0.4, 0.5) is 43.9 Å². The highest BCUT2D eigenvalue weighted by atomic mass is 19.3. The summed E-state index contributed by atoms with van der Waals surface area (Å²) in [7, 11) is 0. The van der Waals surface area contributed by atoms with Gasteiger partial charge in [0.25, 0.3) is 0 Å². The molecule has 0 atom stereocenters. The molecule has 0 aliphatic heterocycles. The number of alkyl halides is 10. The molecular weight excluding hydrogens is 302 g/mol. The molecule has 1 aliphatic rings. The number of halogens is 10. The summed E-state index contributed by atoms with van der Waals surface area (Å²) in [5.41, 5.74) is 0. The van der Waals surface area contributed by atoms with Gasteiger partial charge in [-0.25, -0.2) is 8.78 Å². The molecule has 11 heteroatoms. The molecule has 0 N–H and O–H groups in total. The standard InChI is InChI=1S/C8H4F10O/c9-4(10)5(11,12)2-19-3-1-6(13,14)8(17,18)7(3,15)16/h1,4H,2H2. The normalized spacial score (nSPS) is 24.5. The van der Waals surface area contributed by atoms with Crippen molar-refractivity contribution in [1.29, 1.82) is 0 Å². The molecule has 0 aromatic rings. The van der Waals surface area contributed by atoms with Gasteiger partial charge in [0.2, 0.25) is 0 Å². The molecule has 0 heterocycles. The molecule has 1 rings (SSSR count). The van der Waals surface area contributed by atoms with E-state index >= 15 is 0 Å². The van der Waals surface area contributed by atoms with Gasteiger partial charge in [0.1, 0.15) is 0 Å². The van der Waals surface area contributed by atoms with E-state index in [0.29, 0.717) is 0 Å². The van der Waals surface area contributed by atoms with E-state index in [4.69, 9.17) is 0 Å². The third kappa shape index (κ3) is 2.34. The van der Waals surface area contributed by atoms with Crippen molar-refractivity contribution in [1.82, 2.24) is 0 Å². The van der Waals surface area contributed by atoms with Crippen LogP contribution in [0.25, 0.3) is 0 Å². The van der Waals surface area contributed by atoms with Gasteiger partial charge in [-0.3, -0.25) is 0 Å². The lowest BCUT2D eigenvalue weighted by Crippen LogP contribution is -2.49. The third-order valence-electron chi connectivity index (χ3n) is 2.17. The number of hydrogen-bond donors (Lipinski definition) is 0. The van der Waals surface area contributed by atoms with Gasteiger partial charge in [0.15, 0.2) is 12.4 Å². The van der Waals surface area contributed by atoms with Crippen molar-refractivity contribution in [2.75, 3.05) is 6.61 Å². The molecule has 1 aliphatic carbocycles. The Morgan fingerprint density at radius 2 is 1.53 bits per heavy atom. The molecule has 19 heavy (non-hydrogen) atoms. The number of rotatable bonds is 4. The van der Waals surface area contributed by atoms with Crippen molar-refractivity contribution in [2.24, 2.45) is 0 Å². The van der Waals surface area contributed by atoms with Crippen molar-refractivity contribution < 1.29 is 48.6 Å². The zero-order valence-electron chi connectivity index (χ0n) is 8.55. The molecule has 112 valence electrons. The average Bonchev–Trinajstić information content (AvgIpc) is 2.33. The summed E-state index contributed by atoms with van der Waals surface area (Å²) in [5.74, 6) is -24.2. The van der Waals surface area contributed by atoms with Crippen LogP contribution in [0.3, 0.4) is 0 Å². The minimum atomic E-state index is -5.89. The summed E-state index contributed by atoms with van der Waals surface area (Å²) < 4.78 is 127. The zero-order valence-corrected chi connectivity index (χ0v) is 8.55. The van der Waals surface area contributed by atoms with Crippen molar-refractivity contribution >= 4 is 0 Å². The van der Waals surface area contributed by atoms with E-state index in [1.165, 1.54) is 0 Å². The Morgan fingerprint density at radius 1 is 1.05 bits per heavy atom. The lowest BCUT2D eigenvalue weighted by molar-refractivity contribution is -0.272. The summed E-state index contributed by atoms with van der Waals surface area (Å²) in [5, 5.41) is 0. The van der Waals surface area contributed by atoms with Crippen LogP contribution in [0.1, 0.15) is 0 Å². The van der Waals surface area contributed by atoms with Gasteiger partial charge in [-0.1, -0.05) is 0 Å². The van der Waals surface area contributed by atoms with E-state index < -0.39 is 48.6 Å². The van der Waals surface area contributed by atoms with Gasteiger partial charge in [-0.2, -0.15) is 35.1 Å². The smallest absolute Gasteiger partial charge is 0.383 e. The summed E-state index contributed by atoms with van der Waals surface area (Å²) in [6.45, 7) is -2.43. The fourth-order valence-corrected chi connectivity index (χ4v) is 1.08. The first-order chi connectivity index (χ1) is 8.26. The van der Waals surface area contributed by atoms with Crippen molar-refractivity contribution in [3.63, 3.8) is 0 Å². The molecule has 0 saturated heterocycles. The van der Waals surface area contributed by atoms with Crippen LogP contribution >= 0.6 is 0 Å². The van der Waals surface area contributed by atoms with Gasteiger partial charge < -0.3 is 4.74 Å². The van der Waals surface area contributed by atoms with Gasteiger partial charge >= 0.3 is 30.1 Å². The average molecular weight is 306 g/mol. The monoisotopic (exact) mass is 306 g/mol. The Morgan fingerprint density at radius 3 is 1.84 bits per heavy atom. The van der Waals surface area contributed by atoms with E-state index in [1.807, 2.05) is 0 Å². The molecule has 0 fully saturated rings. The van der Waals surface area contributed by atoms with Crippen LogP contribution in [-0.2, 0) is 4.74 Å². The summed E-state index contributed by atoms with van der Waals surface area (Å²) in [4.78, 5) is 0. The van der Waals surface area contributed by atoms with Crippen LogP contribution in [0.2, 0.25) is 0 Å². The topological polar surface area (TPSA) is 9.23 Å². The fourth-order valence-electron chi connectivity index (χ4n) is 1.08. The highest BCUT2D eigenvalue weighted by Crippen LogP contribution is 2.55. The van der Waals surface area contributed by atoms with Crippen molar-refractivity contribution in [2.45, 2.75) is 30.1 Å².